The number of hydrogen-bond donors (Lipinski definition) is 3. The zero-order valence-corrected chi connectivity index (χ0v) is 8.39. The van der Waals surface area contributed by atoms with Gasteiger partial charge < -0.3 is 20.7 Å². The smallest absolute Gasteiger partial charge is 0.138 e. The Balaban J connectivity index is 2.24. The molecule has 0 radical (unpaired) electrons. The zero-order chi connectivity index (χ0) is 10.8. The number of aliphatic hydroxyl groups excluding tert-OH is 1. The normalized spacial score (nSPS) is 22.9. The summed E-state index contributed by atoms with van der Waals surface area (Å²) in [5.74, 6) is 0.00421. The minimum Gasteiger partial charge on any atom is -0.506 e. The number of aromatic hydroxyl groups is 1. The van der Waals surface area contributed by atoms with Gasteiger partial charge in [0.2, 0.25) is 0 Å². The van der Waals surface area contributed by atoms with Crippen molar-refractivity contribution >= 4 is 5.69 Å². The molecule has 0 amide bonds. The summed E-state index contributed by atoms with van der Waals surface area (Å²) in [6.45, 7) is 0.681. The number of ether oxygens (including phenoxy) is 1. The highest BCUT2D eigenvalue weighted by Gasteiger charge is 2.27. The van der Waals surface area contributed by atoms with Crippen LogP contribution in [0.3, 0.4) is 0 Å². The predicted molar refractivity (Wildman–Crippen MR) is 56.5 cm³/mol. The molecule has 1 aromatic rings. The highest BCUT2D eigenvalue weighted by atomic mass is 16.5. The molecule has 1 saturated heterocycles. The third-order valence-electron chi connectivity index (χ3n) is 2.75. The maximum absolute atomic E-state index is 10.0. The van der Waals surface area contributed by atoms with E-state index in [1.807, 2.05) is 0 Å². The molecular weight excluding hydrogens is 194 g/mol. The standard InChI is InChI=1S/C11H15NO3/c12-10-7(3-1-4-8(10)13)11(14)9-5-2-6-15-9/h1,3-4,9,11,13-14H,2,5-6,12H2. The summed E-state index contributed by atoms with van der Waals surface area (Å²) in [5, 5.41) is 19.4. The Hall–Kier alpha value is -1.26. The fourth-order valence-corrected chi connectivity index (χ4v) is 1.88. The molecule has 1 aliphatic heterocycles. The fraction of sp³-hybridized carbons (Fsp3) is 0.455. The van der Waals surface area contributed by atoms with Gasteiger partial charge in [-0.3, -0.25) is 0 Å². The highest BCUT2D eigenvalue weighted by molar-refractivity contribution is 5.58. The number of aliphatic hydroxyl groups is 1. The third kappa shape index (κ3) is 1.91. The summed E-state index contributed by atoms with van der Waals surface area (Å²) in [6, 6.07) is 4.88. The Morgan fingerprint density at radius 1 is 1.47 bits per heavy atom. The number of phenols is 1. The van der Waals surface area contributed by atoms with Gasteiger partial charge >= 0.3 is 0 Å². The lowest BCUT2D eigenvalue weighted by Gasteiger charge is -2.19. The molecule has 0 saturated carbocycles. The molecule has 4 N–H and O–H groups in total. The van der Waals surface area contributed by atoms with E-state index in [0.29, 0.717) is 12.2 Å². The van der Waals surface area contributed by atoms with Gasteiger partial charge in [-0.25, -0.2) is 0 Å². The van der Waals surface area contributed by atoms with Gasteiger partial charge in [0.1, 0.15) is 11.9 Å². The largest absolute Gasteiger partial charge is 0.506 e. The van der Waals surface area contributed by atoms with E-state index >= 15 is 0 Å². The molecule has 0 bridgehead atoms. The van der Waals surface area contributed by atoms with Crippen LogP contribution in [0.25, 0.3) is 0 Å². The third-order valence-corrected chi connectivity index (χ3v) is 2.75. The number of nitrogens with two attached hydrogens (primary N) is 1. The molecular formula is C11H15NO3. The molecule has 82 valence electrons. The molecule has 4 heteroatoms. The summed E-state index contributed by atoms with van der Waals surface area (Å²) in [5.41, 5.74) is 6.47. The van der Waals surface area contributed by atoms with Crippen molar-refractivity contribution in [2.45, 2.75) is 25.0 Å². The first-order chi connectivity index (χ1) is 7.20. The topological polar surface area (TPSA) is 75.7 Å². The van der Waals surface area contributed by atoms with Crippen molar-refractivity contribution < 1.29 is 14.9 Å². The van der Waals surface area contributed by atoms with Gasteiger partial charge in [-0.2, -0.15) is 0 Å². The molecule has 2 atom stereocenters. The molecule has 0 aromatic heterocycles. The number of hydrogen-bond acceptors (Lipinski definition) is 4. The monoisotopic (exact) mass is 209 g/mol. The minimum atomic E-state index is -0.750. The first kappa shape index (κ1) is 10.3. The number of nitrogen functional groups attached to an aromatic ring is 1. The van der Waals surface area contributed by atoms with E-state index < -0.39 is 6.10 Å². The molecule has 15 heavy (non-hydrogen) atoms. The number of para-hydroxylation sites is 1. The number of benzene rings is 1. The van der Waals surface area contributed by atoms with E-state index in [0.717, 1.165) is 12.8 Å². The second-order valence-corrected chi connectivity index (χ2v) is 3.78. The summed E-state index contributed by atoms with van der Waals surface area (Å²) in [6.07, 6.45) is 0.838. The number of anilines is 1. The first-order valence-electron chi connectivity index (χ1n) is 5.07. The van der Waals surface area contributed by atoms with Crippen molar-refractivity contribution in [3.05, 3.63) is 23.8 Å². The van der Waals surface area contributed by atoms with E-state index in [1.165, 1.54) is 6.07 Å². The quantitative estimate of drug-likeness (QED) is 0.505. The van der Waals surface area contributed by atoms with Crippen molar-refractivity contribution in [2.75, 3.05) is 12.3 Å². The van der Waals surface area contributed by atoms with Gasteiger partial charge in [0.15, 0.2) is 0 Å². The summed E-state index contributed by atoms with van der Waals surface area (Å²) >= 11 is 0. The van der Waals surface area contributed by atoms with Gasteiger partial charge in [-0.1, -0.05) is 12.1 Å². The molecule has 2 unspecified atom stereocenters. The Kier molecular flexibility index (Phi) is 2.79. The van der Waals surface area contributed by atoms with Crippen LogP contribution in [0, 0.1) is 0 Å². The summed E-state index contributed by atoms with van der Waals surface area (Å²) in [4.78, 5) is 0. The summed E-state index contributed by atoms with van der Waals surface area (Å²) in [7, 11) is 0. The Morgan fingerprint density at radius 2 is 2.27 bits per heavy atom. The average Bonchev–Trinajstić information content (AvgIpc) is 2.74. The first-order valence-corrected chi connectivity index (χ1v) is 5.07. The van der Waals surface area contributed by atoms with Gasteiger partial charge in [-0.15, -0.1) is 0 Å². The molecule has 0 spiro atoms. The molecule has 4 nitrogen and oxygen atoms in total. The zero-order valence-electron chi connectivity index (χ0n) is 8.39. The van der Waals surface area contributed by atoms with Crippen LogP contribution >= 0.6 is 0 Å². The van der Waals surface area contributed by atoms with Gasteiger partial charge in [0, 0.05) is 12.2 Å². The van der Waals surface area contributed by atoms with Crippen molar-refractivity contribution in [1.82, 2.24) is 0 Å². The second kappa shape index (κ2) is 4.08. The number of phenolic OH excluding ortho intramolecular Hbond substituents is 1. The Labute approximate surface area is 88.3 Å². The molecule has 1 fully saturated rings. The second-order valence-electron chi connectivity index (χ2n) is 3.78. The lowest BCUT2D eigenvalue weighted by atomic mass is 10.0. The Morgan fingerprint density at radius 3 is 2.93 bits per heavy atom. The van der Waals surface area contributed by atoms with Crippen LogP contribution in [0.1, 0.15) is 24.5 Å². The van der Waals surface area contributed by atoms with Crippen LogP contribution < -0.4 is 5.73 Å². The van der Waals surface area contributed by atoms with Crippen LogP contribution in [0.4, 0.5) is 5.69 Å². The fourth-order valence-electron chi connectivity index (χ4n) is 1.88. The maximum Gasteiger partial charge on any atom is 0.138 e. The predicted octanol–water partition coefficient (Wildman–Crippen LogP) is 1.19. The van der Waals surface area contributed by atoms with Gasteiger partial charge in [0.25, 0.3) is 0 Å². The van der Waals surface area contributed by atoms with Gasteiger partial charge in [0.05, 0.1) is 11.8 Å². The highest BCUT2D eigenvalue weighted by Crippen LogP contribution is 2.33. The van der Waals surface area contributed by atoms with Crippen LogP contribution in [0.5, 0.6) is 5.75 Å². The van der Waals surface area contributed by atoms with Crippen LogP contribution in [-0.2, 0) is 4.74 Å². The number of rotatable bonds is 2. The van der Waals surface area contributed by atoms with E-state index in [1.54, 1.807) is 12.1 Å². The van der Waals surface area contributed by atoms with Crippen molar-refractivity contribution in [2.24, 2.45) is 0 Å². The van der Waals surface area contributed by atoms with Crippen LogP contribution in [-0.4, -0.2) is 22.9 Å². The van der Waals surface area contributed by atoms with Crippen molar-refractivity contribution in [1.29, 1.82) is 0 Å². The van der Waals surface area contributed by atoms with E-state index in [9.17, 15) is 10.2 Å². The SMILES string of the molecule is Nc1c(O)cccc1C(O)C1CCCO1. The van der Waals surface area contributed by atoms with Crippen LogP contribution in [0.2, 0.25) is 0 Å². The molecule has 0 aliphatic carbocycles. The van der Waals surface area contributed by atoms with Gasteiger partial charge in [-0.05, 0) is 18.9 Å². The van der Waals surface area contributed by atoms with Crippen molar-refractivity contribution in [3.63, 3.8) is 0 Å². The van der Waals surface area contributed by atoms with Crippen LogP contribution in [0.15, 0.2) is 18.2 Å². The molecule has 1 heterocycles. The lowest BCUT2D eigenvalue weighted by molar-refractivity contribution is -0.00228. The average molecular weight is 209 g/mol. The summed E-state index contributed by atoms with van der Waals surface area (Å²) < 4.78 is 5.38. The Bertz CT molecular complexity index is 348. The van der Waals surface area contributed by atoms with E-state index in [4.69, 9.17) is 10.5 Å². The molecule has 2 rings (SSSR count). The molecule has 1 aliphatic rings. The van der Waals surface area contributed by atoms with E-state index in [-0.39, 0.29) is 17.5 Å². The minimum absolute atomic E-state index is 0.00421. The van der Waals surface area contributed by atoms with Crippen molar-refractivity contribution in [3.8, 4) is 5.75 Å². The lowest BCUT2D eigenvalue weighted by Crippen LogP contribution is -2.18. The molecule has 1 aromatic carbocycles. The maximum atomic E-state index is 10.0. The van der Waals surface area contributed by atoms with E-state index in [2.05, 4.69) is 0 Å².